The van der Waals surface area contributed by atoms with Gasteiger partial charge in [-0.05, 0) is 24.1 Å². The van der Waals surface area contributed by atoms with Gasteiger partial charge >= 0.3 is 0 Å². The minimum Gasteiger partial charge on any atom is -0.367 e. The molecule has 18 heavy (non-hydrogen) atoms. The summed E-state index contributed by atoms with van der Waals surface area (Å²) in [6, 6.07) is 9.36. The SMILES string of the molecule is Cc1cccc(CS(=O)(=O)NCc2cc[nH]c2)c1. The van der Waals surface area contributed by atoms with Gasteiger partial charge in [-0.3, -0.25) is 0 Å². The van der Waals surface area contributed by atoms with E-state index in [0.717, 1.165) is 16.7 Å². The number of rotatable bonds is 5. The zero-order chi connectivity index (χ0) is 13.0. The largest absolute Gasteiger partial charge is 0.367 e. The maximum Gasteiger partial charge on any atom is 0.216 e. The molecule has 0 saturated carbocycles. The molecule has 0 unspecified atom stereocenters. The number of aryl methyl sites for hydroxylation is 1. The molecule has 2 rings (SSSR count). The van der Waals surface area contributed by atoms with Crippen molar-refractivity contribution in [3.05, 3.63) is 59.4 Å². The predicted molar refractivity (Wildman–Crippen MR) is 71.4 cm³/mol. The molecule has 1 aromatic carbocycles. The molecular formula is C13H16N2O2S. The van der Waals surface area contributed by atoms with Gasteiger partial charge in [-0.15, -0.1) is 0 Å². The number of benzene rings is 1. The first kappa shape index (κ1) is 12.9. The average Bonchev–Trinajstić information content (AvgIpc) is 2.78. The van der Waals surface area contributed by atoms with E-state index >= 15 is 0 Å². The highest BCUT2D eigenvalue weighted by atomic mass is 32.2. The quantitative estimate of drug-likeness (QED) is 0.867. The van der Waals surface area contributed by atoms with E-state index in [9.17, 15) is 8.42 Å². The van der Waals surface area contributed by atoms with Crippen LogP contribution < -0.4 is 4.72 Å². The summed E-state index contributed by atoms with van der Waals surface area (Å²) in [6.45, 7) is 2.26. The molecule has 2 N–H and O–H groups in total. The lowest BCUT2D eigenvalue weighted by Crippen LogP contribution is -2.24. The Labute approximate surface area is 107 Å². The number of aromatic amines is 1. The molecule has 0 aliphatic rings. The van der Waals surface area contributed by atoms with E-state index in [0.29, 0.717) is 6.54 Å². The van der Waals surface area contributed by atoms with Gasteiger partial charge in [-0.1, -0.05) is 29.8 Å². The van der Waals surface area contributed by atoms with Crippen LogP contribution in [0.25, 0.3) is 0 Å². The van der Waals surface area contributed by atoms with Gasteiger partial charge in [0.2, 0.25) is 10.0 Å². The summed E-state index contributed by atoms with van der Waals surface area (Å²) >= 11 is 0. The van der Waals surface area contributed by atoms with Gasteiger partial charge in [0, 0.05) is 18.9 Å². The molecule has 5 heteroatoms. The van der Waals surface area contributed by atoms with Crippen LogP contribution in [-0.2, 0) is 22.3 Å². The Morgan fingerprint density at radius 2 is 2.06 bits per heavy atom. The molecule has 0 radical (unpaired) electrons. The number of aromatic nitrogens is 1. The van der Waals surface area contributed by atoms with E-state index < -0.39 is 10.0 Å². The Hall–Kier alpha value is -1.59. The third-order valence-corrected chi connectivity index (χ3v) is 3.90. The molecule has 0 spiro atoms. The smallest absolute Gasteiger partial charge is 0.216 e. The van der Waals surface area contributed by atoms with Crippen LogP contribution in [0.4, 0.5) is 0 Å². The number of hydrogen-bond donors (Lipinski definition) is 2. The predicted octanol–water partition coefficient (Wildman–Crippen LogP) is 1.94. The number of H-pyrrole nitrogens is 1. The maximum absolute atomic E-state index is 11.9. The molecule has 0 saturated heterocycles. The van der Waals surface area contributed by atoms with Gasteiger partial charge < -0.3 is 4.98 Å². The van der Waals surface area contributed by atoms with Crippen LogP contribution in [-0.4, -0.2) is 13.4 Å². The molecule has 0 bridgehead atoms. The zero-order valence-electron chi connectivity index (χ0n) is 10.2. The van der Waals surface area contributed by atoms with Gasteiger partial charge in [0.1, 0.15) is 0 Å². The van der Waals surface area contributed by atoms with Crippen molar-refractivity contribution >= 4 is 10.0 Å². The van der Waals surface area contributed by atoms with Crippen LogP contribution in [0.1, 0.15) is 16.7 Å². The normalized spacial score (nSPS) is 11.6. The van der Waals surface area contributed by atoms with Crippen molar-refractivity contribution in [2.45, 2.75) is 19.2 Å². The Bertz CT molecular complexity index is 604. The monoisotopic (exact) mass is 264 g/mol. The lowest BCUT2D eigenvalue weighted by Gasteiger charge is -2.06. The van der Waals surface area contributed by atoms with E-state index in [1.807, 2.05) is 37.3 Å². The molecular weight excluding hydrogens is 248 g/mol. The molecule has 96 valence electrons. The molecule has 4 nitrogen and oxygen atoms in total. The fourth-order valence-electron chi connectivity index (χ4n) is 1.73. The van der Waals surface area contributed by atoms with Crippen LogP contribution in [0.15, 0.2) is 42.7 Å². The van der Waals surface area contributed by atoms with Crippen LogP contribution in [0.3, 0.4) is 0 Å². The molecule has 2 aromatic rings. The Kier molecular flexibility index (Phi) is 3.84. The summed E-state index contributed by atoms with van der Waals surface area (Å²) < 4.78 is 26.4. The average molecular weight is 264 g/mol. The fraction of sp³-hybridized carbons (Fsp3) is 0.231. The van der Waals surface area contributed by atoms with Crippen molar-refractivity contribution < 1.29 is 8.42 Å². The van der Waals surface area contributed by atoms with E-state index in [1.54, 1.807) is 12.4 Å². The summed E-state index contributed by atoms with van der Waals surface area (Å²) in [4.78, 5) is 2.89. The number of sulfonamides is 1. The van der Waals surface area contributed by atoms with Crippen LogP contribution >= 0.6 is 0 Å². The van der Waals surface area contributed by atoms with Crippen LogP contribution in [0.2, 0.25) is 0 Å². The van der Waals surface area contributed by atoms with Gasteiger partial charge in [-0.2, -0.15) is 0 Å². The topological polar surface area (TPSA) is 62.0 Å². The fourth-order valence-corrected chi connectivity index (χ4v) is 2.84. The summed E-state index contributed by atoms with van der Waals surface area (Å²) in [5, 5.41) is 0. The first-order valence-corrected chi connectivity index (χ1v) is 7.35. The minimum atomic E-state index is -3.29. The van der Waals surface area contributed by atoms with E-state index in [1.165, 1.54) is 0 Å². The van der Waals surface area contributed by atoms with Gasteiger partial charge in [0.15, 0.2) is 0 Å². The van der Waals surface area contributed by atoms with Crippen molar-refractivity contribution in [2.75, 3.05) is 0 Å². The van der Waals surface area contributed by atoms with Crippen molar-refractivity contribution in [2.24, 2.45) is 0 Å². The highest BCUT2D eigenvalue weighted by molar-refractivity contribution is 7.88. The highest BCUT2D eigenvalue weighted by Crippen LogP contribution is 2.08. The van der Waals surface area contributed by atoms with Crippen molar-refractivity contribution in [3.63, 3.8) is 0 Å². The second-order valence-electron chi connectivity index (χ2n) is 4.29. The minimum absolute atomic E-state index is 0.0130. The number of nitrogens with one attached hydrogen (secondary N) is 2. The first-order valence-electron chi connectivity index (χ1n) is 5.70. The zero-order valence-corrected chi connectivity index (χ0v) is 11.0. The van der Waals surface area contributed by atoms with E-state index in [2.05, 4.69) is 9.71 Å². The number of hydrogen-bond acceptors (Lipinski definition) is 2. The second-order valence-corrected chi connectivity index (χ2v) is 6.10. The van der Waals surface area contributed by atoms with Crippen molar-refractivity contribution in [1.29, 1.82) is 0 Å². The summed E-state index contributed by atoms with van der Waals surface area (Å²) in [6.07, 6.45) is 3.54. The third-order valence-electron chi connectivity index (χ3n) is 2.60. The van der Waals surface area contributed by atoms with E-state index in [4.69, 9.17) is 0 Å². The van der Waals surface area contributed by atoms with Gasteiger partial charge in [-0.25, -0.2) is 13.1 Å². The Balaban J connectivity index is 1.99. The van der Waals surface area contributed by atoms with Crippen LogP contribution in [0, 0.1) is 6.92 Å². The van der Waals surface area contributed by atoms with Crippen molar-refractivity contribution in [1.82, 2.24) is 9.71 Å². The summed E-state index contributed by atoms with van der Waals surface area (Å²) in [5.41, 5.74) is 2.78. The Morgan fingerprint density at radius 1 is 1.22 bits per heavy atom. The molecule has 0 atom stereocenters. The van der Waals surface area contributed by atoms with Gasteiger partial charge in [0.05, 0.1) is 5.75 Å². The molecule has 0 aliphatic heterocycles. The summed E-state index contributed by atoms with van der Waals surface area (Å²) in [5.74, 6) is 0.0130. The highest BCUT2D eigenvalue weighted by Gasteiger charge is 2.11. The first-order chi connectivity index (χ1) is 8.55. The Morgan fingerprint density at radius 3 is 2.72 bits per heavy atom. The summed E-state index contributed by atoms with van der Waals surface area (Å²) in [7, 11) is -3.29. The lowest BCUT2D eigenvalue weighted by molar-refractivity contribution is 0.580. The van der Waals surface area contributed by atoms with Crippen LogP contribution in [0.5, 0.6) is 0 Å². The molecule has 0 fully saturated rings. The second kappa shape index (κ2) is 5.37. The van der Waals surface area contributed by atoms with Crippen molar-refractivity contribution in [3.8, 4) is 0 Å². The molecule has 1 heterocycles. The molecule has 1 aromatic heterocycles. The standard InChI is InChI=1S/C13H16N2O2S/c1-11-3-2-4-12(7-11)10-18(16,17)15-9-13-5-6-14-8-13/h2-8,14-15H,9-10H2,1H3. The molecule has 0 aliphatic carbocycles. The lowest BCUT2D eigenvalue weighted by atomic mass is 10.2. The molecule has 0 amide bonds. The van der Waals surface area contributed by atoms with E-state index in [-0.39, 0.29) is 5.75 Å². The maximum atomic E-state index is 11.9. The third kappa shape index (κ3) is 3.72. The van der Waals surface area contributed by atoms with Gasteiger partial charge in [0.25, 0.3) is 0 Å².